The van der Waals surface area contributed by atoms with E-state index in [9.17, 15) is 4.79 Å². The third-order valence-electron chi connectivity index (χ3n) is 2.75. The van der Waals surface area contributed by atoms with E-state index in [-0.39, 0.29) is 5.82 Å². The Morgan fingerprint density at radius 2 is 2.25 bits per heavy atom. The number of halogens is 1. The third-order valence-corrected chi connectivity index (χ3v) is 3.59. The summed E-state index contributed by atoms with van der Waals surface area (Å²) in [5, 5.41) is 13.4. The maximum absolute atomic E-state index is 11.0. The molecule has 2 heterocycles. The number of carboxylic acids is 1. The number of aromatic carboxylic acids is 1. The second-order valence-corrected chi connectivity index (χ2v) is 4.89. The number of nitrogens with zero attached hydrogens (tertiary/aromatic N) is 5. The van der Waals surface area contributed by atoms with Crippen LogP contribution in [0.15, 0.2) is 12.1 Å². The molecule has 1 aromatic carbocycles. The van der Waals surface area contributed by atoms with Crippen LogP contribution >= 0.6 is 23.3 Å². The Hall–Kier alpha value is -2.06. The van der Waals surface area contributed by atoms with Crippen LogP contribution in [0.1, 0.15) is 23.4 Å². The molecule has 20 heavy (non-hydrogen) atoms. The first-order valence-electron chi connectivity index (χ1n) is 5.72. The van der Waals surface area contributed by atoms with Gasteiger partial charge in [-0.05, 0) is 12.1 Å². The molecular weight excluding hydrogens is 302 g/mol. The van der Waals surface area contributed by atoms with E-state index in [0.717, 1.165) is 11.7 Å². The summed E-state index contributed by atoms with van der Waals surface area (Å²) in [5.74, 6) is -0.943. The number of hydrogen-bond donors (Lipinski definition) is 1. The van der Waals surface area contributed by atoms with E-state index in [1.807, 2.05) is 6.92 Å². The van der Waals surface area contributed by atoms with Crippen LogP contribution in [-0.4, -0.2) is 34.6 Å². The van der Waals surface area contributed by atoms with Crippen LogP contribution in [0.25, 0.3) is 16.7 Å². The van der Waals surface area contributed by atoms with Crippen LogP contribution < -0.4 is 0 Å². The smallest absolute Gasteiger partial charge is 0.375 e. The number of fused-ring (bicyclic) bond motifs is 1. The first-order valence-corrected chi connectivity index (χ1v) is 6.83. The van der Waals surface area contributed by atoms with Crippen LogP contribution in [0.2, 0.25) is 5.02 Å². The van der Waals surface area contributed by atoms with Gasteiger partial charge in [0.25, 0.3) is 5.82 Å². The zero-order valence-electron chi connectivity index (χ0n) is 10.2. The monoisotopic (exact) mass is 309 g/mol. The van der Waals surface area contributed by atoms with Crippen molar-refractivity contribution in [3.63, 3.8) is 0 Å². The summed E-state index contributed by atoms with van der Waals surface area (Å²) >= 11 is 7.27. The molecule has 0 aliphatic heterocycles. The molecule has 0 fully saturated rings. The highest BCUT2D eigenvalue weighted by molar-refractivity contribution is 7.00. The van der Waals surface area contributed by atoms with Gasteiger partial charge in [0, 0.05) is 6.42 Å². The molecule has 0 saturated carbocycles. The normalized spacial score (nSPS) is 11.1. The van der Waals surface area contributed by atoms with E-state index < -0.39 is 5.97 Å². The maximum atomic E-state index is 11.0. The molecule has 0 aliphatic carbocycles. The summed E-state index contributed by atoms with van der Waals surface area (Å²) in [6, 6.07) is 3.44. The van der Waals surface area contributed by atoms with Gasteiger partial charge in [0.15, 0.2) is 0 Å². The van der Waals surface area contributed by atoms with Gasteiger partial charge >= 0.3 is 5.97 Å². The van der Waals surface area contributed by atoms with Crippen molar-refractivity contribution in [2.24, 2.45) is 0 Å². The first-order chi connectivity index (χ1) is 9.61. The fraction of sp³-hybridized carbons (Fsp3) is 0.182. The standard InChI is InChI=1S/C11H8ClN5O2S/c1-2-7-13-10(11(18)19)14-17(7)9-5(12)3-4-6-8(9)16-20-15-6/h3-4H,2H2,1H3,(H,18,19). The van der Waals surface area contributed by atoms with Gasteiger partial charge < -0.3 is 5.11 Å². The lowest BCUT2D eigenvalue weighted by Gasteiger charge is -2.06. The summed E-state index contributed by atoms with van der Waals surface area (Å²) in [4.78, 5) is 15.0. The Morgan fingerprint density at radius 3 is 2.95 bits per heavy atom. The number of carbonyl (C=O) groups is 1. The summed E-state index contributed by atoms with van der Waals surface area (Å²) < 4.78 is 9.76. The van der Waals surface area contributed by atoms with Crippen LogP contribution in [0.5, 0.6) is 0 Å². The first kappa shape index (κ1) is 12.9. The Balaban J connectivity index is 2.32. The Bertz CT molecular complexity index is 812. The molecular formula is C11H8ClN5O2S. The van der Waals surface area contributed by atoms with E-state index in [4.69, 9.17) is 16.7 Å². The highest BCUT2D eigenvalue weighted by atomic mass is 35.5. The van der Waals surface area contributed by atoms with Gasteiger partial charge in [-0.3, -0.25) is 0 Å². The van der Waals surface area contributed by atoms with Gasteiger partial charge in [-0.2, -0.15) is 8.75 Å². The lowest BCUT2D eigenvalue weighted by molar-refractivity contribution is 0.0683. The molecule has 7 nitrogen and oxygen atoms in total. The Morgan fingerprint density at radius 1 is 1.45 bits per heavy atom. The summed E-state index contributed by atoms with van der Waals surface area (Å²) in [5.41, 5.74) is 1.78. The average molecular weight is 310 g/mol. The molecule has 0 radical (unpaired) electrons. The van der Waals surface area contributed by atoms with Crippen LogP contribution in [0.3, 0.4) is 0 Å². The van der Waals surface area contributed by atoms with Gasteiger partial charge in [0.1, 0.15) is 22.5 Å². The lowest BCUT2D eigenvalue weighted by Crippen LogP contribution is -2.05. The van der Waals surface area contributed by atoms with Crippen molar-refractivity contribution in [2.75, 3.05) is 0 Å². The number of benzene rings is 1. The van der Waals surface area contributed by atoms with Crippen LogP contribution in [0.4, 0.5) is 0 Å². The summed E-state index contributed by atoms with van der Waals surface area (Å²) in [6.07, 6.45) is 0.518. The minimum Gasteiger partial charge on any atom is -0.475 e. The molecule has 1 N–H and O–H groups in total. The van der Waals surface area contributed by atoms with Gasteiger partial charge in [-0.15, -0.1) is 5.10 Å². The van der Waals surface area contributed by atoms with Gasteiger partial charge in [0.05, 0.1) is 16.8 Å². The zero-order chi connectivity index (χ0) is 14.3. The van der Waals surface area contributed by atoms with E-state index >= 15 is 0 Å². The largest absolute Gasteiger partial charge is 0.475 e. The maximum Gasteiger partial charge on any atom is 0.375 e. The summed E-state index contributed by atoms with van der Waals surface area (Å²) in [6.45, 7) is 1.86. The third kappa shape index (κ3) is 1.93. The van der Waals surface area contributed by atoms with Gasteiger partial charge in [-0.25, -0.2) is 14.5 Å². The predicted octanol–water partition coefficient (Wildman–Crippen LogP) is 2.19. The predicted molar refractivity (Wildman–Crippen MR) is 73.7 cm³/mol. The zero-order valence-corrected chi connectivity index (χ0v) is 11.8. The second-order valence-electron chi connectivity index (χ2n) is 3.95. The number of rotatable bonds is 3. The van der Waals surface area contributed by atoms with Crippen molar-refractivity contribution in [2.45, 2.75) is 13.3 Å². The second kappa shape index (κ2) is 4.80. The van der Waals surface area contributed by atoms with E-state index in [1.165, 1.54) is 4.68 Å². The fourth-order valence-corrected chi connectivity index (χ4v) is 2.63. The molecule has 0 saturated heterocycles. The molecule has 0 bridgehead atoms. The molecule has 0 aliphatic rings. The van der Waals surface area contributed by atoms with E-state index in [1.54, 1.807) is 12.1 Å². The van der Waals surface area contributed by atoms with Gasteiger partial charge in [0.2, 0.25) is 0 Å². The van der Waals surface area contributed by atoms with Crippen molar-refractivity contribution >= 4 is 40.3 Å². The van der Waals surface area contributed by atoms with Gasteiger partial charge in [-0.1, -0.05) is 18.5 Å². The molecule has 102 valence electrons. The molecule has 3 aromatic rings. The highest BCUT2D eigenvalue weighted by Crippen LogP contribution is 2.28. The van der Waals surface area contributed by atoms with E-state index in [0.29, 0.717) is 34.0 Å². The van der Waals surface area contributed by atoms with Crippen molar-refractivity contribution < 1.29 is 9.90 Å². The lowest BCUT2D eigenvalue weighted by atomic mass is 10.2. The molecule has 0 atom stereocenters. The number of aromatic nitrogens is 5. The molecule has 0 spiro atoms. The van der Waals surface area contributed by atoms with Crippen molar-refractivity contribution in [1.29, 1.82) is 0 Å². The van der Waals surface area contributed by atoms with Crippen LogP contribution in [0, 0.1) is 0 Å². The fourth-order valence-electron chi connectivity index (χ4n) is 1.86. The molecule has 0 unspecified atom stereocenters. The number of carboxylic acid groups (broad SMARTS) is 1. The van der Waals surface area contributed by atoms with E-state index in [2.05, 4.69) is 18.8 Å². The minimum atomic E-state index is -1.18. The van der Waals surface area contributed by atoms with Crippen LogP contribution in [-0.2, 0) is 6.42 Å². The van der Waals surface area contributed by atoms with Crippen molar-refractivity contribution in [3.05, 3.63) is 28.8 Å². The molecule has 0 amide bonds. The van der Waals surface area contributed by atoms with Crippen molar-refractivity contribution in [1.82, 2.24) is 23.5 Å². The summed E-state index contributed by atoms with van der Waals surface area (Å²) in [7, 11) is 0. The molecule has 3 rings (SSSR count). The highest BCUT2D eigenvalue weighted by Gasteiger charge is 2.20. The molecule has 2 aromatic heterocycles. The number of hydrogen-bond acceptors (Lipinski definition) is 6. The Labute approximate surface area is 122 Å². The topological polar surface area (TPSA) is 93.8 Å². The average Bonchev–Trinajstić information content (AvgIpc) is 3.04. The minimum absolute atomic E-state index is 0.266. The Kier molecular flexibility index (Phi) is 3.11. The SMILES string of the molecule is CCc1nc(C(=O)O)nn1-c1c(Cl)ccc2nsnc12. The van der Waals surface area contributed by atoms with Crippen molar-refractivity contribution in [3.8, 4) is 5.69 Å². The molecule has 9 heteroatoms. The quantitative estimate of drug-likeness (QED) is 0.797. The number of aryl methyl sites for hydroxylation is 1.